The fraction of sp³-hybridized carbons (Fsp3) is 0.296. The van der Waals surface area contributed by atoms with E-state index in [9.17, 15) is 13.2 Å². The van der Waals surface area contributed by atoms with E-state index in [1.54, 1.807) is 18.2 Å². The molecule has 3 aromatic rings. The maximum atomic E-state index is 13.5. The van der Waals surface area contributed by atoms with Crippen LogP contribution in [0, 0.1) is 0 Å². The highest BCUT2D eigenvalue weighted by Gasteiger charge is 2.31. The highest BCUT2D eigenvalue weighted by molar-refractivity contribution is 7.92. The predicted octanol–water partition coefficient (Wildman–Crippen LogP) is 3.24. The lowest BCUT2D eigenvalue weighted by molar-refractivity contribution is 0.0332. The third-order valence-electron chi connectivity index (χ3n) is 6.58. The number of ether oxygens (including phenoxy) is 1. The van der Waals surface area contributed by atoms with E-state index in [0.717, 1.165) is 24.2 Å². The van der Waals surface area contributed by atoms with E-state index < -0.39 is 10.0 Å². The van der Waals surface area contributed by atoms with Gasteiger partial charge in [0.1, 0.15) is 0 Å². The minimum absolute atomic E-state index is 0.117. The number of benzene rings is 3. The minimum atomic E-state index is -3.78. The molecule has 0 radical (unpaired) electrons. The van der Waals surface area contributed by atoms with Gasteiger partial charge in [0.2, 0.25) is 0 Å². The molecule has 2 aliphatic heterocycles. The number of morpholine rings is 1. The van der Waals surface area contributed by atoms with Crippen molar-refractivity contribution in [2.45, 2.75) is 17.4 Å². The monoisotopic (exact) mass is 491 g/mol. The van der Waals surface area contributed by atoms with E-state index in [0.29, 0.717) is 44.0 Å². The molecule has 1 fully saturated rings. The van der Waals surface area contributed by atoms with Gasteiger partial charge in [-0.3, -0.25) is 14.0 Å². The standard InChI is InChI=1S/C27H29N3O4S/c31-27(28-25(21-7-2-1-3-8-21)20-29-15-17-34-18-16-29)23-10-6-11-24(19-23)35(32,33)30-14-13-22-9-4-5-12-26(22)30/h1-12,19,25H,13-18,20H2,(H,28,31). The molecule has 1 N–H and O–H groups in total. The van der Waals surface area contributed by atoms with Gasteiger partial charge in [-0.25, -0.2) is 8.42 Å². The summed E-state index contributed by atoms with van der Waals surface area (Å²) in [5.41, 5.74) is 3.04. The van der Waals surface area contributed by atoms with Crippen LogP contribution in [0.5, 0.6) is 0 Å². The molecule has 2 aliphatic rings. The van der Waals surface area contributed by atoms with Crippen molar-refractivity contribution >= 4 is 21.6 Å². The Kier molecular flexibility index (Phi) is 6.86. The third kappa shape index (κ3) is 5.10. The number of nitrogens with zero attached hydrogens (tertiary/aromatic N) is 2. The molecule has 3 aromatic carbocycles. The fourth-order valence-corrected chi connectivity index (χ4v) is 6.24. The van der Waals surface area contributed by atoms with Crippen molar-refractivity contribution < 1.29 is 17.9 Å². The van der Waals surface area contributed by atoms with Crippen LogP contribution in [0.2, 0.25) is 0 Å². The van der Waals surface area contributed by atoms with E-state index >= 15 is 0 Å². The first kappa shape index (κ1) is 23.5. The van der Waals surface area contributed by atoms with Gasteiger partial charge in [0.15, 0.2) is 0 Å². The van der Waals surface area contributed by atoms with Crippen LogP contribution < -0.4 is 9.62 Å². The number of nitrogens with one attached hydrogen (secondary N) is 1. The molecular formula is C27H29N3O4S. The maximum Gasteiger partial charge on any atom is 0.264 e. The van der Waals surface area contributed by atoms with Crippen molar-refractivity contribution in [3.05, 3.63) is 95.6 Å². The number of hydrogen-bond acceptors (Lipinski definition) is 5. The van der Waals surface area contributed by atoms with Crippen LogP contribution in [0.3, 0.4) is 0 Å². The lowest BCUT2D eigenvalue weighted by Crippen LogP contribution is -2.43. The molecule has 0 aliphatic carbocycles. The molecule has 1 saturated heterocycles. The van der Waals surface area contributed by atoms with Crippen molar-refractivity contribution in [3.63, 3.8) is 0 Å². The second-order valence-corrected chi connectivity index (χ2v) is 10.7. The molecule has 35 heavy (non-hydrogen) atoms. The Hall–Kier alpha value is -3.20. The molecule has 182 valence electrons. The quantitative estimate of drug-likeness (QED) is 0.549. The topological polar surface area (TPSA) is 79.0 Å². The number of carbonyl (C=O) groups is 1. The van der Waals surface area contributed by atoms with E-state index in [1.807, 2.05) is 54.6 Å². The van der Waals surface area contributed by atoms with Crippen LogP contribution in [-0.4, -0.2) is 58.6 Å². The van der Waals surface area contributed by atoms with Crippen LogP contribution in [0.1, 0.15) is 27.5 Å². The molecule has 0 saturated carbocycles. The van der Waals surface area contributed by atoms with Crippen LogP contribution in [-0.2, 0) is 21.2 Å². The van der Waals surface area contributed by atoms with Gasteiger partial charge < -0.3 is 10.1 Å². The van der Waals surface area contributed by atoms with Crippen molar-refractivity contribution in [2.24, 2.45) is 0 Å². The molecule has 0 bridgehead atoms. The average molecular weight is 492 g/mol. The number of hydrogen-bond donors (Lipinski definition) is 1. The van der Waals surface area contributed by atoms with E-state index in [-0.39, 0.29) is 16.8 Å². The normalized spacial score (nSPS) is 17.1. The number of amides is 1. The van der Waals surface area contributed by atoms with Gasteiger partial charge in [0.05, 0.1) is 29.8 Å². The molecule has 8 heteroatoms. The highest BCUT2D eigenvalue weighted by atomic mass is 32.2. The maximum absolute atomic E-state index is 13.5. The Balaban J connectivity index is 1.37. The Labute approximate surface area is 206 Å². The predicted molar refractivity (Wildman–Crippen MR) is 135 cm³/mol. The molecule has 1 unspecified atom stereocenters. The number of sulfonamides is 1. The summed E-state index contributed by atoms with van der Waals surface area (Å²) >= 11 is 0. The van der Waals surface area contributed by atoms with Gasteiger partial charge in [-0.15, -0.1) is 0 Å². The molecule has 1 atom stereocenters. The summed E-state index contributed by atoms with van der Waals surface area (Å²) in [6, 6.07) is 23.5. The zero-order valence-electron chi connectivity index (χ0n) is 19.5. The van der Waals surface area contributed by atoms with Gasteiger partial charge in [-0.05, 0) is 41.8 Å². The number of anilines is 1. The zero-order valence-corrected chi connectivity index (χ0v) is 20.3. The summed E-state index contributed by atoms with van der Waals surface area (Å²) in [4.78, 5) is 15.7. The Morgan fingerprint density at radius 1 is 0.914 bits per heavy atom. The summed E-state index contributed by atoms with van der Waals surface area (Å²) in [5.74, 6) is -0.300. The lowest BCUT2D eigenvalue weighted by Gasteiger charge is -2.31. The highest BCUT2D eigenvalue weighted by Crippen LogP contribution is 2.32. The van der Waals surface area contributed by atoms with Gasteiger partial charge in [0.25, 0.3) is 15.9 Å². The molecule has 0 spiro atoms. The average Bonchev–Trinajstić information content (AvgIpc) is 3.35. The summed E-state index contributed by atoms with van der Waals surface area (Å²) in [6.07, 6.45) is 0.676. The molecule has 1 amide bonds. The van der Waals surface area contributed by atoms with Crippen molar-refractivity contribution in [1.29, 1.82) is 0 Å². The second kappa shape index (κ2) is 10.2. The van der Waals surface area contributed by atoms with Crippen LogP contribution in [0.25, 0.3) is 0 Å². The van der Waals surface area contributed by atoms with Gasteiger partial charge in [-0.1, -0.05) is 54.6 Å². The van der Waals surface area contributed by atoms with Gasteiger partial charge in [0, 0.05) is 31.7 Å². The van der Waals surface area contributed by atoms with E-state index in [1.165, 1.54) is 10.4 Å². The molecule has 5 rings (SSSR count). The first-order chi connectivity index (χ1) is 17.0. The van der Waals surface area contributed by atoms with Crippen molar-refractivity contribution in [3.8, 4) is 0 Å². The summed E-state index contributed by atoms with van der Waals surface area (Å²) in [7, 11) is -3.78. The number of rotatable bonds is 7. The largest absolute Gasteiger partial charge is 0.379 e. The Morgan fingerprint density at radius 3 is 2.46 bits per heavy atom. The smallest absolute Gasteiger partial charge is 0.264 e. The summed E-state index contributed by atoms with van der Waals surface area (Å²) < 4.78 is 33.8. The lowest BCUT2D eigenvalue weighted by atomic mass is 10.1. The first-order valence-electron chi connectivity index (χ1n) is 11.9. The molecule has 0 aromatic heterocycles. The number of para-hydroxylation sites is 1. The Bertz CT molecular complexity index is 1290. The summed E-state index contributed by atoms with van der Waals surface area (Å²) in [5, 5.41) is 3.13. The van der Waals surface area contributed by atoms with Crippen molar-refractivity contribution in [2.75, 3.05) is 43.7 Å². The second-order valence-electron chi connectivity index (χ2n) is 8.83. The number of fused-ring (bicyclic) bond motifs is 1. The molecular weight excluding hydrogens is 462 g/mol. The third-order valence-corrected chi connectivity index (χ3v) is 8.39. The minimum Gasteiger partial charge on any atom is -0.379 e. The first-order valence-corrected chi connectivity index (χ1v) is 13.3. The van der Waals surface area contributed by atoms with Gasteiger partial charge in [-0.2, -0.15) is 0 Å². The van der Waals surface area contributed by atoms with Gasteiger partial charge >= 0.3 is 0 Å². The van der Waals surface area contributed by atoms with E-state index in [2.05, 4.69) is 10.2 Å². The van der Waals surface area contributed by atoms with E-state index in [4.69, 9.17) is 4.74 Å². The molecule has 7 nitrogen and oxygen atoms in total. The summed E-state index contributed by atoms with van der Waals surface area (Å²) in [6.45, 7) is 4.02. The van der Waals surface area contributed by atoms with Crippen LogP contribution in [0.4, 0.5) is 5.69 Å². The Morgan fingerprint density at radius 2 is 1.66 bits per heavy atom. The zero-order chi connectivity index (χ0) is 24.3. The molecule has 2 heterocycles. The number of carbonyl (C=O) groups excluding carboxylic acids is 1. The SMILES string of the molecule is O=C(NC(CN1CCOCC1)c1ccccc1)c1cccc(S(=O)(=O)N2CCc3ccccc32)c1. The van der Waals surface area contributed by atoms with Crippen LogP contribution >= 0.6 is 0 Å². The van der Waals surface area contributed by atoms with Crippen LogP contribution in [0.15, 0.2) is 83.8 Å². The fourth-order valence-electron chi connectivity index (χ4n) is 4.69. The van der Waals surface area contributed by atoms with Crippen molar-refractivity contribution in [1.82, 2.24) is 10.2 Å².